The molecule has 2 aliphatic heterocycles. The molecule has 6 nitrogen and oxygen atoms in total. The molecule has 2 aromatic carbocycles. The number of rotatable bonds is 7. The maximum atomic E-state index is 13.3. The van der Waals surface area contributed by atoms with E-state index in [2.05, 4.69) is 42.7 Å². The number of Topliss-reactive ketones (excluding diaryl/α,β-unsaturated/α-hetero) is 1. The normalized spacial score (nSPS) is 19.8. The minimum atomic E-state index is -0.388. The summed E-state index contributed by atoms with van der Waals surface area (Å²) in [7, 11) is 0. The summed E-state index contributed by atoms with van der Waals surface area (Å²) in [5.74, 6) is 1.74. The molecule has 1 atom stereocenters. The Bertz CT molecular complexity index is 1090. The number of fused-ring (bicyclic) bond motifs is 2. The van der Waals surface area contributed by atoms with Gasteiger partial charge in [0, 0.05) is 37.0 Å². The molecule has 1 fully saturated rings. The summed E-state index contributed by atoms with van der Waals surface area (Å²) < 4.78 is 10.9. The zero-order valence-electron chi connectivity index (χ0n) is 18.9. The summed E-state index contributed by atoms with van der Waals surface area (Å²) in [5.41, 5.74) is 3.99. The van der Waals surface area contributed by atoms with Crippen LogP contribution in [-0.4, -0.2) is 31.1 Å². The molecule has 5 rings (SSSR count). The highest BCUT2D eigenvalue weighted by Crippen LogP contribution is 2.51. The molecule has 2 N–H and O–H groups in total. The minimum absolute atomic E-state index is 0.00847. The Morgan fingerprint density at radius 1 is 1.12 bits per heavy atom. The van der Waals surface area contributed by atoms with Gasteiger partial charge in [0.2, 0.25) is 12.7 Å². The maximum Gasteiger partial charge on any atom is 0.231 e. The van der Waals surface area contributed by atoms with Gasteiger partial charge in [0.25, 0.3) is 0 Å². The van der Waals surface area contributed by atoms with Crippen molar-refractivity contribution < 1.29 is 19.1 Å². The van der Waals surface area contributed by atoms with Gasteiger partial charge in [-0.05, 0) is 54.2 Å². The molecule has 1 unspecified atom stereocenters. The molecule has 0 bridgehead atoms. The second-order valence-electron chi connectivity index (χ2n) is 10.0. The summed E-state index contributed by atoms with van der Waals surface area (Å²) in [6.45, 7) is 6.74. The topological polar surface area (TPSA) is 76.7 Å². The first-order valence-corrected chi connectivity index (χ1v) is 11.3. The molecule has 168 valence electrons. The number of hydrogen-bond donors (Lipinski definition) is 2. The van der Waals surface area contributed by atoms with Crippen molar-refractivity contribution in [3.63, 3.8) is 0 Å². The minimum Gasteiger partial charge on any atom is -0.454 e. The Kier molecular flexibility index (Phi) is 4.91. The van der Waals surface area contributed by atoms with Crippen LogP contribution in [0.25, 0.3) is 0 Å². The van der Waals surface area contributed by atoms with Crippen molar-refractivity contribution in [2.45, 2.75) is 57.9 Å². The van der Waals surface area contributed by atoms with Crippen molar-refractivity contribution in [1.29, 1.82) is 0 Å². The van der Waals surface area contributed by atoms with Crippen LogP contribution in [0.2, 0.25) is 0 Å². The molecular formula is C26H30N2O4. The Hall–Kier alpha value is -3.02. The first-order valence-electron chi connectivity index (χ1n) is 11.3. The van der Waals surface area contributed by atoms with Crippen LogP contribution in [0.4, 0.5) is 5.69 Å². The third kappa shape index (κ3) is 3.72. The van der Waals surface area contributed by atoms with Crippen molar-refractivity contribution in [3.8, 4) is 11.5 Å². The van der Waals surface area contributed by atoms with Gasteiger partial charge in [-0.25, -0.2) is 0 Å². The number of amides is 1. The number of ketones is 1. The van der Waals surface area contributed by atoms with E-state index in [-0.39, 0.29) is 35.4 Å². The molecule has 1 saturated carbocycles. The number of carbonyl (C=O) groups excluding carboxylic acids is 2. The largest absolute Gasteiger partial charge is 0.454 e. The summed E-state index contributed by atoms with van der Waals surface area (Å²) in [6.07, 6.45) is 3.09. The Labute approximate surface area is 188 Å². The van der Waals surface area contributed by atoms with E-state index in [1.807, 2.05) is 18.2 Å². The van der Waals surface area contributed by atoms with E-state index in [1.165, 1.54) is 5.56 Å². The summed E-state index contributed by atoms with van der Waals surface area (Å²) in [6, 6.07) is 12.4. The van der Waals surface area contributed by atoms with Gasteiger partial charge in [-0.1, -0.05) is 32.0 Å². The fraction of sp³-hybridized carbons (Fsp3) is 0.462. The van der Waals surface area contributed by atoms with E-state index in [1.54, 1.807) is 6.92 Å². The van der Waals surface area contributed by atoms with Gasteiger partial charge in [-0.15, -0.1) is 0 Å². The van der Waals surface area contributed by atoms with Gasteiger partial charge < -0.3 is 20.1 Å². The Balaban J connectivity index is 1.28. The van der Waals surface area contributed by atoms with Crippen LogP contribution in [0.15, 0.2) is 36.4 Å². The predicted molar refractivity (Wildman–Crippen MR) is 122 cm³/mol. The van der Waals surface area contributed by atoms with Crippen LogP contribution in [0.1, 0.15) is 50.3 Å². The number of ether oxygens (including phenoxy) is 2. The third-order valence-electron chi connectivity index (χ3n) is 7.23. The van der Waals surface area contributed by atoms with E-state index in [0.717, 1.165) is 47.6 Å². The monoisotopic (exact) mass is 434 g/mol. The molecule has 6 heteroatoms. The molecule has 32 heavy (non-hydrogen) atoms. The van der Waals surface area contributed by atoms with Gasteiger partial charge in [0.05, 0.1) is 5.41 Å². The van der Waals surface area contributed by atoms with Gasteiger partial charge in [-0.3, -0.25) is 9.59 Å². The standard InChI is InChI=1S/C26H30N2O4/c1-16(29)27-14-25(2,3)23-12-18-10-17(4-6-20(18)28-23)11-24(30)26(8-9-26)19-5-7-21-22(13-19)32-15-31-21/h4-7,10,13,23,28H,8-9,11-12,14-15H2,1-3H3,(H,27,29). The molecule has 2 heterocycles. The highest BCUT2D eigenvalue weighted by Gasteiger charge is 2.50. The van der Waals surface area contributed by atoms with Gasteiger partial charge in [0.1, 0.15) is 5.78 Å². The second-order valence-corrected chi connectivity index (χ2v) is 10.0. The molecule has 3 aliphatic rings. The molecule has 0 radical (unpaired) electrons. The first-order chi connectivity index (χ1) is 15.3. The van der Waals surface area contributed by atoms with Crippen LogP contribution < -0.4 is 20.1 Å². The van der Waals surface area contributed by atoms with Crippen LogP contribution in [0, 0.1) is 5.41 Å². The number of nitrogens with one attached hydrogen (secondary N) is 2. The zero-order valence-corrected chi connectivity index (χ0v) is 18.9. The van der Waals surface area contributed by atoms with Gasteiger partial charge in [-0.2, -0.15) is 0 Å². The lowest BCUT2D eigenvalue weighted by Gasteiger charge is -2.32. The smallest absolute Gasteiger partial charge is 0.231 e. The van der Waals surface area contributed by atoms with Gasteiger partial charge >= 0.3 is 0 Å². The summed E-state index contributed by atoms with van der Waals surface area (Å²) in [5, 5.41) is 6.55. The predicted octanol–water partition coefficient (Wildman–Crippen LogP) is 3.76. The lowest BCUT2D eigenvalue weighted by atomic mass is 9.82. The lowest BCUT2D eigenvalue weighted by Crippen LogP contribution is -2.43. The van der Waals surface area contributed by atoms with E-state index >= 15 is 0 Å². The lowest BCUT2D eigenvalue weighted by molar-refractivity contribution is -0.121. The van der Waals surface area contributed by atoms with E-state index < -0.39 is 0 Å². The quantitative estimate of drug-likeness (QED) is 0.694. The highest BCUT2D eigenvalue weighted by atomic mass is 16.7. The highest BCUT2D eigenvalue weighted by molar-refractivity contribution is 5.95. The average Bonchev–Trinajstić information content (AvgIpc) is 3.24. The van der Waals surface area contributed by atoms with Crippen LogP contribution in [0.5, 0.6) is 11.5 Å². The van der Waals surface area contributed by atoms with E-state index in [4.69, 9.17) is 9.47 Å². The Morgan fingerprint density at radius 2 is 1.91 bits per heavy atom. The van der Waals surface area contributed by atoms with Crippen molar-refractivity contribution in [2.75, 3.05) is 18.7 Å². The molecule has 0 aromatic heterocycles. The zero-order chi connectivity index (χ0) is 22.5. The van der Waals surface area contributed by atoms with Crippen LogP contribution in [0.3, 0.4) is 0 Å². The summed E-state index contributed by atoms with van der Waals surface area (Å²) >= 11 is 0. The SMILES string of the molecule is CC(=O)NCC(C)(C)C1Cc2cc(CC(=O)C3(c4ccc5c(c4)OCO5)CC3)ccc2N1. The van der Waals surface area contributed by atoms with Crippen molar-refractivity contribution in [3.05, 3.63) is 53.1 Å². The van der Waals surface area contributed by atoms with Crippen LogP contribution in [-0.2, 0) is 27.8 Å². The molecule has 2 aromatic rings. The molecular weight excluding hydrogens is 404 g/mol. The van der Waals surface area contributed by atoms with Crippen molar-refractivity contribution in [2.24, 2.45) is 5.41 Å². The van der Waals surface area contributed by atoms with Crippen LogP contribution >= 0.6 is 0 Å². The van der Waals surface area contributed by atoms with Crippen molar-refractivity contribution >= 4 is 17.4 Å². The Morgan fingerprint density at radius 3 is 2.66 bits per heavy atom. The molecule has 0 saturated heterocycles. The van der Waals surface area contributed by atoms with Gasteiger partial charge in [0.15, 0.2) is 11.5 Å². The fourth-order valence-electron chi connectivity index (χ4n) is 4.87. The summed E-state index contributed by atoms with van der Waals surface area (Å²) in [4.78, 5) is 24.7. The van der Waals surface area contributed by atoms with E-state index in [9.17, 15) is 9.59 Å². The third-order valence-corrected chi connectivity index (χ3v) is 7.23. The van der Waals surface area contributed by atoms with Crippen molar-refractivity contribution in [1.82, 2.24) is 5.32 Å². The molecule has 0 spiro atoms. The number of benzene rings is 2. The molecule has 1 amide bonds. The first kappa shape index (κ1) is 20.9. The number of hydrogen-bond acceptors (Lipinski definition) is 5. The number of carbonyl (C=O) groups is 2. The molecule has 1 aliphatic carbocycles. The second kappa shape index (κ2) is 7.54. The maximum absolute atomic E-state index is 13.3. The number of anilines is 1. The fourth-order valence-corrected chi connectivity index (χ4v) is 4.87. The van der Waals surface area contributed by atoms with E-state index in [0.29, 0.717) is 13.0 Å². The average molecular weight is 435 g/mol.